The Hall–Kier alpha value is -1.64. The molecule has 0 atom stereocenters. The van der Waals surface area contributed by atoms with Gasteiger partial charge in [-0.3, -0.25) is 0 Å². The largest absolute Gasteiger partial charge is 0.413 e. The molecule has 5 nitrogen and oxygen atoms in total. The van der Waals surface area contributed by atoms with Crippen molar-refractivity contribution in [2.45, 2.75) is 31.5 Å². The normalized spacial score (nSPS) is 17.0. The van der Waals surface area contributed by atoms with Gasteiger partial charge >= 0.3 is 6.18 Å². The van der Waals surface area contributed by atoms with Crippen LogP contribution in [0, 0.1) is 6.92 Å². The fourth-order valence-electron chi connectivity index (χ4n) is 2.31. The lowest BCUT2D eigenvalue weighted by atomic mass is 10.1. The Kier molecular flexibility index (Phi) is 3.01. The van der Waals surface area contributed by atoms with Crippen LogP contribution in [0.1, 0.15) is 18.4 Å². The minimum Gasteiger partial charge on any atom is -0.398 e. The molecule has 0 bridgehead atoms. The first kappa shape index (κ1) is 14.3. The molecule has 1 aromatic carbocycles. The lowest BCUT2D eigenvalue weighted by molar-refractivity contribution is -0.182. The quantitative estimate of drug-likeness (QED) is 0.834. The fourth-order valence-corrected chi connectivity index (χ4v) is 2.79. The third kappa shape index (κ3) is 2.10. The van der Waals surface area contributed by atoms with Crippen molar-refractivity contribution in [3.05, 3.63) is 22.2 Å². The van der Waals surface area contributed by atoms with Gasteiger partial charge in [-0.15, -0.1) is 5.10 Å². The average molecular weight is 362 g/mol. The summed E-state index contributed by atoms with van der Waals surface area (Å²) in [7, 11) is 0. The van der Waals surface area contributed by atoms with Gasteiger partial charge in [0.05, 0.1) is 0 Å². The summed E-state index contributed by atoms with van der Waals surface area (Å²) in [6.07, 6.45) is -4.42. The predicted molar refractivity (Wildman–Crippen MR) is 73.4 cm³/mol. The highest BCUT2D eigenvalue weighted by Crippen LogP contribution is 2.56. The molecule has 0 aliphatic heterocycles. The van der Waals surface area contributed by atoms with E-state index in [1.165, 1.54) is 0 Å². The minimum absolute atomic E-state index is 0.0168. The highest BCUT2D eigenvalue weighted by molar-refractivity contribution is 9.10. The molecule has 0 spiro atoms. The van der Waals surface area contributed by atoms with Gasteiger partial charge in [-0.2, -0.15) is 13.2 Å². The monoisotopic (exact) mass is 361 g/mol. The van der Waals surface area contributed by atoms with E-state index in [2.05, 4.69) is 31.5 Å². The van der Waals surface area contributed by atoms with Crippen molar-refractivity contribution in [1.82, 2.24) is 20.2 Å². The number of tetrazole rings is 1. The number of nitrogens with zero attached hydrogens (tertiary/aromatic N) is 4. The van der Waals surface area contributed by atoms with Crippen LogP contribution < -0.4 is 5.73 Å². The maximum absolute atomic E-state index is 13.3. The molecule has 0 amide bonds. The number of hydrogen-bond donors (Lipinski definition) is 1. The molecular weight excluding hydrogens is 351 g/mol. The standard InChI is InChI=1S/C12H11BrF3N5/c1-6-8(4-7(13)5-9(6)17)10-18-19-20-21(10)11(2-3-11)12(14,15)16/h4-5H,2-3,17H2,1H3. The number of benzene rings is 1. The van der Waals surface area contributed by atoms with E-state index in [0.717, 1.165) is 4.68 Å². The van der Waals surface area contributed by atoms with E-state index in [1.54, 1.807) is 19.1 Å². The summed E-state index contributed by atoms with van der Waals surface area (Å²) in [6.45, 7) is 1.73. The zero-order valence-corrected chi connectivity index (χ0v) is 12.5. The molecular formula is C12H11BrF3N5. The summed E-state index contributed by atoms with van der Waals surface area (Å²) in [6, 6.07) is 3.35. The Morgan fingerprint density at radius 2 is 2.00 bits per heavy atom. The van der Waals surface area contributed by atoms with Crippen LogP contribution in [0.25, 0.3) is 11.4 Å². The van der Waals surface area contributed by atoms with Gasteiger partial charge in [0.25, 0.3) is 0 Å². The van der Waals surface area contributed by atoms with Gasteiger partial charge in [0.2, 0.25) is 0 Å². The molecule has 112 valence electrons. The molecule has 1 fully saturated rings. The number of nitrogen functional groups attached to an aromatic ring is 1. The molecule has 0 saturated heterocycles. The molecule has 3 rings (SSSR count). The second kappa shape index (κ2) is 4.43. The highest BCUT2D eigenvalue weighted by atomic mass is 79.9. The fraction of sp³-hybridized carbons (Fsp3) is 0.417. The van der Waals surface area contributed by atoms with E-state index in [4.69, 9.17) is 5.73 Å². The maximum Gasteiger partial charge on any atom is 0.413 e. The Balaban J connectivity index is 2.18. The molecule has 1 aliphatic rings. The molecule has 21 heavy (non-hydrogen) atoms. The number of halogens is 4. The van der Waals surface area contributed by atoms with E-state index in [9.17, 15) is 13.2 Å². The van der Waals surface area contributed by atoms with E-state index >= 15 is 0 Å². The van der Waals surface area contributed by atoms with Gasteiger partial charge in [-0.25, -0.2) is 4.68 Å². The zero-order chi connectivity index (χ0) is 15.4. The Labute approximate surface area is 126 Å². The summed E-state index contributed by atoms with van der Waals surface area (Å²) in [5, 5.41) is 10.8. The highest BCUT2D eigenvalue weighted by Gasteiger charge is 2.66. The van der Waals surface area contributed by atoms with Crippen molar-refractivity contribution in [1.29, 1.82) is 0 Å². The Morgan fingerprint density at radius 3 is 2.57 bits per heavy atom. The van der Waals surface area contributed by atoms with Crippen molar-refractivity contribution < 1.29 is 13.2 Å². The zero-order valence-electron chi connectivity index (χ0n) is 10.9. The van der Waals surface area contributed by atoms with Crippen molar-refractivity contribution >= 4 is 21.6 Å². The van der Waals surface area contributed by atoms with Gasteiger partial charge in [0, 0.05) is 15.7 Å². The van der Waals surface area contributed by atoms with Gasteiger partial charge in [0.15, 0.2) is 11.4 Å². The number of alkyl halides is 3. The summed E-state index contributed by atoms with van der Waals surface area (Å²) >= 11 is 3.28. The van der Waals surface area contributed by atoms with Crippen molar-refractivity contribution in [3.8, 4) is 11.4 Å². The lowest BCUT2D eigenvalue weighted by Crippen LogP contribution is -2.36. The second-order valence-corrected chi connectivity index (χ2v) is 6.03. The van der Waals surface area contributed by atoms with Crippen molar-refractivity contribution in [2.75, 3.05) is 5.73 Å². The third-order valence-electron chi connectivity index (χ3n) is 3.78. The van der Waals surface area contributed by atoms with Crippen LogP contribution in [-0.2, 0) is 5.54 Å². The number of hydrogen-bond acceptors (Lipinski definition) is 4. The van der Waals surface area contributed by atoms with E-state index in [1.807, 2.05) is 0 Å². The number of aromatic nitrogens is 4. The second-order valence-electron chi connectivity index (χ2n) is 5.11. The predicted octanol–water partition coefficient (Wildman–Crippen LogP) is 3.04. The maximum atomic E-state index is 13.3. The molecule has 1 saturated carbocycles. The van der Waals surface area contributed by atoms with Crippen molar-refractivity contribution in [2.24, 2.45) is 0 Å². The molecule has 2 aromatic rings. The first-order valence-electron chi connectivity index (χ1n) is 6.18. The first-order valence-corrected chi connectivity index (χ1v) is 6.97. The van der Waals surface area contributed by atoms with Gasteiger partial charge in [-0.05, 0) is 47.9 Å². The summed E-state index contributed by atoms with van der Waals surface area (Å²) in [5.74, 6) is 0.0790. The molecule has 1 aromatic heterocycles. The first-order chi connectivity index (χ1) is 9.76. The number of anilines is 1. The SMILES string of the molecule is Cc1c(N)cc(Br)cc1-c1nnnn1C1(C(F)(F)F)CC1. The van der Waals surface area contributed by atoms with Gasteiger partial charge in [-0.1, -0.05) is 15.9 Å². The lowest BCUT2D eigenvalue weighted by Gasteiger charge is -2.20. The van der Waals surface area contributed by atoms with Crippen molar-refractivity contribution in [3.63, 3.8) is 0 Å². The summed E-state index contributed by atoms with van der Waals surface area (Å²) in [5.41, 5.74) is 5.46. The third-order valence-corrected chi connectivity index (χ3v) is 4.24. The van der Waals surface area contributed by atoms with Gasteiger partial charge < -0.3 is 5.73 Å². The summed E-state index contributed by atoms with van der Waals surface area (Å²) in [4.78, 5) is 0. The molecule has 9 heteroatoms. The van der Waals surface area contributed by atoms with Crippen LogP contribution in [0.3, 0.4) is 0 Å². The summed E-state index contributed by atoms with van der Waals surface area (Å²) < 4.78 is 41.3. The van der Waals surface area contributed by atoms with Crippen LogP contribution in [0.5, 0.6) is 0 Å². The Bertz CT molecular complexity index is 705. The number of rotatable bonds is 2. The van der Waals surface area contributed by atoms with Crippen LogP contribution >= 0.6 is 15.9 Å². The molecule has 0 radical (unpaired) electrons. The van der Waals surface area contributed by atoms with E-state index in [0.29, 0.717) is 21.3 Å². The average Bonchev–Trinajstić information content (AvgIpc) is 3.06. The molecule has 1 heterocycles. The topological polar surface area (TPSA) is 69.6 Å². The van der Waals surface area contributed by atoms with Crippen LogP contribution in [0.4, 0.5) is 18.9 Å². The van der Waals surface area contributed by atoms with E-state index in [-0.39, 0.29) is 18.7 Å². The molecule has 1 aliphatic carbocycles. The van der Waals surface area contributed by atoms with Gasteiger partial charge in [0.1, 0.15) is 0 Å². The molecule has 0 unspecified atom stereocenters. The number of nitrogens with two attached hydrogens (primary N) is 1. The van der Waals surface area contributed by atoms with E-state index < -0.39 is 11.7 Å². The minimum atomic E-state index is -4.39. The van der Waals surface area contributed by atoms with Crippen LogP contribution in [0.2, 0.25) is 0 Å². The van der Waals surface area contributed by atoms with Crippen LogP contribution in [0.15, 0.2) is 16.6 Å². The molecule has 2 N–H and O–H groups in total. The Morgan fingerprint density at radius 1 is 1.33 bits per heavy atom. The van der Waals surface area contributed by atoms with Crippen LogP contribution in [-0.4, -0.2) is 26.4 Å². The smallest absolute Gasteiger partial charge is 0.398 e.